The van der Waals surface area contributed by atoms with Crippen LogP contribution in [0, 0.1) is 0 Å². The van der Waals surface area contributed by atoms with Crippen LogP contribution in [0.15, 0.2) is 18.2 Å². The lowest BCUT2D eigenvalue weighted by Crippen LogP contribution is -2.13. The number of rotatable bonds is 8. The lowest BCUT2D eigenvalue weighted by atomic mass is 10.2. The number of ether oxygens (including phenoxy) is 2. The molecule has 0 aliphatic rings. The van der Waals surface area contributed by atoms with Gasteiger partial charge in [-0.1, -0.05) is 11.6 Å². The van der Waals surface area contributed by atoms with E-state index in [0.29, 0.717) is 49.1 Å². The van der Waals surface area contributed by atoms with Crippen LogP contribution >= 0.6 is 11.6 Å². The molecule has 106 valence electrons. The van der Waals surface area contributed by atoms with E-state index in [0.717, 1.165) is 0 Å². The summed E-state index contributed by atoms with van der Waals surface area (Å²) in [6, 6.07) is 5.12. The Morgan fingerprint density at radius 1 is 1.42 bits per heavy atom. The summed E-state index contributed by atoms with van der Waals surface area (Å²) in [7, 11) is 1.60. The molecule has 0 bridgehead atoms. The van der Waals surface area contributed by atoms with Crippen molar-refractivity contribution in [2.75, 3.05) is 32.2 Å². The average molecular weight is 287 g/mol. The van der Waals surface area contributed by atoms with Crippen molar-refractivity contribution in [3.05, 3.63) is 23.2 Å². The van der Waals surface area contributed by atoms with E-state index < -0.39 is 0 Å². The smallest absolute Gasteiger partial charge is 0.224 e. The normalized spacial score (nSPS) is 10.3. The van der Waals surface area contributed by atoms with Crippen LogP contribution in [0.25, 0.3) is 0 Å². The van der Waals surface area contributed by atoms with Gasteiger partial charge in [-0.3, -0.25) is 4.79 Å². The third-order valence-electron chi connectivity index (χ3n) is 2.37. The number of halogens is 1. The summed E-state index contributed by atoms with van der Waals surface area (Å²) in [6.07, 6.45) is 1.07. The third kappa shape index (κ3) is 5.92. The van der Waals surface area contributed by atoms with E-state index in [9.17, 15) is 4.79 Å². The maximum absolute atomic E-state index is 11.5. The monoisotopic (exact) mass is 286 g/mol. The maximum Gasteiger partial charge on any atom is 0.224 e. The summed E-state index contributed by atoms with van der Waals surface area (Å²) in [5.74, 6) is 0.494. The Morgan fingerprint density at radius 3 is 2.84 bits per heavy atom. The Kier molecular flexibility index (Phi) is 7.25. The molecule has 1 amide bonds. The Bertz CT molecular complexity index is 413. The lowest BCUT2D eigenvalue weighted by molar-refractivity contribution is -0.116. The Balaban J connectivity index is 2.53. The zero-order chi connectivity index (χ0) is 14.1. The highest BCUT2D eigenvalue weighted by atomic mass is 35.5. The number of nitrogens with one attached hydrogen (secondary N) is 1. The van der Waals surface area contributed by atoms with Crippen molar-refractivity contribution in [2.45, 2.75) is 12.8 Å². The number of hydrogen-bond acceptors (Lipinski definition) is 4. The van der Waals surface area contributed by atoms with Gasteiger partial charge in [0.2, 0.25) is 5.91 Å². The Labute approximate surface area is 118 Å². The minimum Gasteiger partial charge on any atom is -0.490 e. The first-order valence-corrected chi connectivity index (χ1v) is 6.46. The van der Waals surface area contributed by atoms with Gasteiger partial charge in [-0.05, 0) is 31.2 Å². The second-order valence-electron chi connectivity index (χ2n) is 3.93. The molecule has 1 aromatic carbocycles. The topological polar surface area (TPSA) is 73.6 Å². The number of nitrogens with two attached hydrogens (primary N) is 1. The van der Waals surface area contributed by atoms with Crippen molar-refractivity contribution >= 4 is 23.2 Å². The van der Waals surface area contributed by atoms with E-state index in [4.69, 9.17) is 26.8 Å². The quantitative estimate of drug-likeness (QED) is 0.717. The van der Waals surface area contributed by atoms with Gasteiger partial charge in [-0.15, -0.1) is 0 Å². The van der Waals surface area contributed by atoms with Crippen LogP contribution in [0.3, 0.4) is 0 Å². The van der Waals surface area contributed by atoms with Crippen LogP contribution < -0.4 is 15.8 Å². The summed E-state index contributed by atoms with van der Waals surface area (Å²) in [4.78, 5) is 11.5. The summed E-state index contributed by atoms with van der Waals surface area (Å²) < 4.78 is 10.3. The minimum atomic E-state index is -0.0745. The second-order valence-corrected chi connectivity index (χ2v) is 4.33. The molecule has 0 aromatic heterocycles. The number of carbonyl (C=O) groups is 1. The number of carbonyl (C=O) groups excluding carboxylic acids is 1. The Hall–Kier alpha value is -1.30. The fourth-order valence-electron chi connectivity index (χ4n) is 1.42. The van der Waals surface area contributed by atoms with Crippen molar-refractivity contribution in [1.82, 2.24) is 0 Å². The van der Waals surface area contributed by atoms with Gasteiger partial charge in [0.1, 0.15) is 12.4 Å². The third-order valence-corrected chi connectivity index (χ3v) is 2.66. The molecule has 0 aliphatic heterocycles. The van der Waals surface area contributed by atoms with Crippen LogP contribution in [-0.4, -0.2) is 32.8 Å². The molecule has 0 aliphatic carbocycles. The molecule has 6 heteroatoms. The predicted octanol–water partition coefficient (Wildman–Crippen LogP) is 2.04. The zero-order valence-corrected chi connectivity index (χ0v) is 11.7. The molecule has 0 unspecified atom stereocenters. The van der Waals surface area contributed by atoms with Crippen LogP contribution in [0.4, 0.5) is 5.69 Å². The van der Waals surface area contributed by atoms with E-state index in [1.807, 2.05) is 0 Å². The molecule has 1 aromatic rings. The van der Waals surface area contributed by atoms with E-state index in [1.165, 1.54) is 0 Å². The van der Waals surface area contributed by atoms with Gasteiger partial charge in [0.15, 0.2) is 0 Å². The SMILES string of the molecule is COCCOc1ccc(NC(=O)CCCN)cc1Cl. The fourth-order valence-corrected chi connectivity index (χ4v) is 1.65. The molecule has 0 spiro atoms. The minimum absolute atomic E-state index is 0.0745. The van der Waals surface area contributed by atoms with Crippen molar-refractivity contribution in [2.24, 2.45) is 5.73 Å². The Morgan fingerprint density at radius 2 is 2.21 bits per heavy atom. The molecular weight excluding hydrogens is 268 g/mol. The molecule has 0 heterocycles. The van der Waals surface area contributed by atoms with Gasteiger partial charge in [0, 0.05) is 19.2 Å². The number of benzene rings is 1. The van der Waals surface area contributed by atoms with Gasteiger partial charge in [0.25, 0.3) is 0 Å². The van der Waals surface area contributed by atoms with Crippen LogP contribution in [0.2, 0.25) is 5.02 Å². The molecule has 3 N–H and O–H groups in total. The van der Waals surface area contributed by atoms with Crippen LogP contribution in [0.1, 0.15) is 12.8 Å². The van der Waals surface area contributed by atoms with Gasteiger partial charge in [-0.25, -0.2) is 0 Å². The van der Waals surface area contributed by atoms with Crippen molar-refractivity contribution in [3.8, 4) is 5.75 Å². The van der Waals surface area contributed by atoms with E-state index in [-0.39, 0.29) is 5.91 Å². The van der Waals surface area contributed by atoms with Crippen molar-refractivity contribution in [3.63, 3.8) is 0 Å². The molecule has 5 nitrogen and oxygen atoms in total. The number of methoxy groups -OCH3 is 1. The van der Waals surface area contributed by atoms with E-state index in [1.54, 1.807) is 25.3 Å². The first-order chi connectivity index (χ1) is 9.17. The van der Waals surface area contributed by atoms with E-state index >= 15 is 0 Å². The number of amides is 1. The molecule has 19 heavy (non-hydrogen) atoms. The number of anilines is 1. The maximum atomic E-state index is 11.5. The summed E-state index contributed by atoms with van der Waals surface area (Å²) >= 11 is 6.06. The van der Waals surface area contributed by atoms with Gasteiger partial charge >= 0.3 is 0 Å². The van der Waals surface area contributed by atoms with Crippen LogP contribution in [0.5, 0.6) is 5.75 Å². The van der Waals surface area contributed by atoms with Crippen molar-refractivity contribution in [1.29, 1.82) is 0 Å². The molecule has 0 atom stereocenters. The molecule has 0 fully saturated rings. The fraction of sp³-hybridized carbons (Fsp3) is 0.462. The molecule has 0 radical (unpaired) electrons. The van der Waals surface area contributed by atoms with Gasteiger partial charge in [-0.2, -0.15) is 0 Å². The van der Waals surface area contributed by atoms with E-state index in [2.05, 4.69) is 5.32 Å². The number of hydrogen-bond donors (Lipinski definition) is 2. The molecule has 0 saturated heterocycles. The predicted molar refractivity (Wildman–Crippen MR) is 75.7 cm³/mol. The summed E-state index contributed by atoms with van der Waals surface area (Å²) in [6.45, 7) is 1.42. The lowest BCUT2D eigenvalue weighted by Gasteiger charge is -2.10. The summed E-state index contributed by atoms with van der Waals surface area (Å²) in [5.41, 5.74) is 5.99. The summed E-state index contributed by atoms with van der Waals surface area (Å²) in [5, 5.41) is 3.20. The van der Waals surface area contributed by atoms with Crippen LogP contribution in [-0.2, 0) is 9.53 Å². The molecular formula is C13H19ClN2O3. The van der Waals surface area contributed by atoms with Gasteiger partial charge < -0.3 is 20.5 Å². The molecule has 1 rings (SSSR count). The first-order valence-electron chi connectivity index (χ1n) is 6.08. The first kappa shape index (κ1) is 15.8. The highest BCUT2D eigenvalue weighted by molar-refractivity contribution is 6.32. The highest BCUT2D eigenvalue weighted by Crippen LogP contribution is 2.27. The molecule has 0 saturated carbocycles. The zero-order valence-electron chi connectivity index (χ0n) is 10.9. The largest absolute Gasteiger partial charge is 0.490 e. The standard InChI is InChI=1S/C13H19ClN2O3/c1-18-7-8-19-12-5-4-10(9-11(12)14)16-13(17)3-2-6-15/h4-5,9H,2-3,6-8,15H2,1H3,(H,16,17). The average Bonchev–Trinajstić information content (AvgIpc) is 2.39. The highest BCUT2D eigenvalue weighted by Gasteiger charge is 2.06. The van der Waals surface area contributed by atoms with Crippen molar-refractivity contribution < 1.29 is 14.3 Å². The van der Waals surface area contributed by atoms with Gasteiger partial charge in [0.05, 0.1) is 11.6 Å². The second kappa shape index (κ2) is 8.74.